The zero-order valence-corrected chi connectivity index (χ0v) is 11.0. The quantitative estimate of drug-likeness (QED) is 0.835. The average Bonchev–Trinajstić information content (AvgIpc) is 2.34. The van der Waals surface area contributed by atoms with Gasteiger partial charge < -0.3 is 5.11 Å². The number of benzene rings is 1. The summed E-state index contributed by atoms with van der Waals surface area (Å²) in [6.07, 6.45) is 6.62. The second kappa shape index (κ2) is 6.05. The highest BCUT2D eigenvalue weighted by Crippen LogP contribution is 2.32. The highest BCUT2D eigenvalue weighted by Gasteiger charge is 2.20. The van der Waals surface area contributed by atoms with E-state index in [1.54, 1.807) is 0 Å². The number of rotatable bonds is 3. The Balaban J connectivity index is 2.10. The lowest BCUT2D eigenvalue weighted by molar-refractivity contribution is -0.131. The van der Waals surface area contributed by atoms with E-state index in [2.05, 4.69) is 0 Å². The molecule has 18 heavy (non-hydrogen) atoms. The van der Waals surface area contributed by atoms with Crippen molar-refractivity contribution in [2.45, 2.75) is 32.1 Å². The molecule has 1 atom stereocenters. The molecular weight excluding hydrogens is 248 g/mol. The predicted octanol–water partition coefficient (Wildman–Crippen LogP) is 4.08. The number of carbonyl (C=O) groups is 1. The number of hydrogen-bond donors (Lipinski definition) is 1. The summed E-state index contributed by atoms with van der Waals surface area (Å²) in [4.78, 5) is 10.8. The lowest BCUT2D eigenvalue weighted by atomic mass is 9.80. The monoisotopic (exact) mass is 264 g/mol. The summed E-state index contributed by atoms with van der Waals surface area (Å²) >= 11 is 5.86. The third kappa shape index (κ3) is 3.61. The normalized spacial score (nSPS) is 22.1. The summed E-state index contributed by atoms with van der Waals surface area (Å²) in [5.74, 6) is -0.455. The molecule has 3 heteroatoms. The summed E-state index contributed by atoms with van der Waals surface area (Å²) in [5, 5.41) is 9.63. The topological polar surface area (TPSA) is 37.3 Å². The number of hydrogen-bond acceptors (Lipinski definition) is 1. The smallest absolute Gasteiger partial charge is 0.328 e. The minimum absolute atomic E-state index is 0.371. The van der Waals surface area contributed by atoms with Gasteiger partial charge in [0.05, 0.1) is 0 Å². The molecule has 0 aliphatic heterocycles. The van der Waals surface area contributed by atoms with Crippen LogP contribution in [0.1, 0.15) is 31.2 Å². The van der Waals surface area contributed by atoms with Crippen molar-refractivity contribution in [3.63, 3.8) is 0 Å². The maximum absolute atomic E-state index is 10.8. The van der Waals surface area contributed by atoms with Crippen molar-refractivity contribution >= 4 is 17.6 Å². The summed E-state index contributed by atoms with van der Waals surface area (Å²) in [7, 11) is 0. The molecule has 0 spiro atoms. The standard InChI is InChI=1S/C15H17ClO2/c16-14-7-5-11(6-8-14)9-12-3-1-2-4-13(12)10-15(17)18/h5-8,10,12H,1-4,9H2,(H,17,18)/b13-10+/t12-/m1/s1. The minimum Gasteiger partial charge on any atom is -0.478 e. The van der Waals surface area contributed by atoms with Gasteiger partial charge in [-0.3, -0.25) is 0 Å². The van der Waals surface area contributed by atoms with Crippen LogP contribution in [0.3, 0.4) is 0 Å². The van der Waals surface area contributed by atoms with Gasteiger partial charge in [0.1, 0.15) is 0 Å². The van der Waals surface area contributed by atoms with E-state index in [9.17, 15) is 4.79 Å². The van der Waals surface area contributed by atoms with Crippen LogP contribution < -0.4 is 0 Å². The summed E-state index contributed by atoms with van der Waals surface area (Å²) in [6, 6.07) is 7.82. The van der Waals surface area contributed by atoms with E-state index in [0.29, 0.717) is 5.92 Å². The van der Waals surface area contributed by atoms with Crippen LogP contribution in [0.2, 0.25) is 5.02 Å². The highest BCUT2D eigenvalue weighted by atomic mass is 35.5. The molecule has 1 aliphatic rings. The molecule has 1 N–H and O–H groups in total. The Hall–Kier alpha value is -1.28. The lowest BCUT2D eigenvalue weighted by Crippen LogP contribution is -2.14. The van der Waals surface area contributed by atoms with Gasteiger partial charge in [-0.2, -0.15) is 0 Å². The Morgan fingerprint density at radius 1 is 1.33 bits per heavy atom. The van der Waals surface area contributed by atoms with Crippen LogP contribution >= 0.6 is 11.6 Å². The molecule has 0 heterocycles. The molecule has 0 radical (unpaired) electrons. The van der Waals surface area contributed by atoms with Crippen molar-refractivity contribution in [3.8, 4) is 0 Å². The number of carboxylic acid groups (broad SMARTS) is 1. The van der Waals surface area contributed by atoms with Gasteiger partial charge in [-0.05, 0) is 49.3 Å². The van der Waals surface area contributed by atoms with Crippen LogP contribution in [0.5, 0.6) is 0 Å². The average molecular weight is 265 g/mol. The molecule has 1 aliphatic carbocycles. The van der Waals surface area contributed by atoms with Crippen molar-refractivity contribution in [1.29, 1.82) is 0 Å². The van der Waals surface area contributed by atoms with Gasteiger partial charge in [0.15, 0.2) is 0 Å². The second-order valence-corrected chi connectivity index (χ2v) is 5.27. The fourth-order valence-corrected chi connectivity index (χ4v) is 2.72. The number of aliphatic carboxylic acids is 1. The number of carboxylic acids is 1. The zero-order chi connectivity index (χ0) is 13.0. The number of halogens is 1. The maximum Gasteiger partial charge on any atom is 0.328 e. The van der Waals surface area contributed by atoms with Crippen LogP contribution in [0.4, 0.5) is 0 Å². The Bertz CT molecular complexity index is 448. The van der Waals surface area contributed by atoms with E-state index >= 15 is 0 Å². The Kier molecular flexibility index (Phi) is 4.43. The van der Waals surface area contributed by atoms with E-state index in [0.717, 1.165) is 36.3 Å². The van der Waals surface area contributed by atoms with Gasteiger partial charge in [0.25, 0.3) is 0 Å². The maximum atomic E-state index is 10.8. The summed E-state index contributed by atoms with van der Waals surface area (Å²) < 4.78 is 0. The second-order valence-electron chi connectivity index (χ2n) is 4.83. The van der Waals surface area contributed by atoms with Crippen LogP contribution in [0.15, 0.2) is 35.9 Å². The van der Waals surface area contributed by atoms with Crippen molar-refractivity contribution in [3.05, 3.63) is 46.5 Å². The molecule has 2 rings (SSSR count). The molecule has 1 saturated carbocycles. The molecule has 1 fully saturated rings. The van der Waals surface area contributed by atoms with Gasteiger partial charge in [0, 0.05) is 11.1 Å². The van der Waals surface area contributed by atoms with E-state index in [1.165, 1.54) is 18.1 Å². The molecule has 2 nitrogen and oxygen atoms in total. The van der Waals surface area contributed by atoms with Crippen LogP contribution in [-0.4, -0.2) is 11.1 Å². The third-order valence-electron chi connectivity index (χ3n) is 3.50. The molecule has 0 amide bonds. The van der Waals surface area contributed by atoms with Gasteiger partial charge in [-0.25, -0.2) is 4.79 Å². The molecule has 1 aromatic rings. The molecule has 96 valence electrons. The van der Waals surface area contributed by atoms with Crippen LogP contribution in [0, 0.1) is 5.92 Å². The first kappa shape index (κ1) is 13.2. The third-order valence-corrected chi connectivity index (χ3v) is 3.75. The van der Waals surface area contributed by atoms with Gasteiger partial charge >= 0.3 is 5.97 Å². The van der Waals surface area contributed by atoms with E-state index < -0.39 is 5.97 Å². The van der Waals surface area contributed by atoms with Gasteiger partial charge in [-0.1, -0.05) is 35.7 Å². The van der Waals surface area contributed by atoms with Gasteiger partial charge in [0.2, 0.25) is 0 Å². The molecule has 0 unspecified atom stereocenters. The fraction of sp³-hybridized carbons (Fsp3) is 0.400. The first-order valence-electron chi connectivity index (χ1n) is 6.33. The largest absolute Gasteiger partial charge is 0.478 e. The van der Waals surface area contributed by atoms with Crippen molar-refractivity contribution in [1.82, 2.24) is 0 Å². The fourth-order valence-electron chi connectivity index (χ4n) is 2.60. The first-order chi connectivity index (χ1) is 8.65. The van der Waals surface area contributed by atoms with Crippen molar-refractivity contribution in [2.75, 3.05) is 0 Å². The Labute approximate surface area is 112 Å². The molecule has 0 aromatic heterocycles. The molecule has 0 saturated heterocycles. The van der Waals surface area contributed by atoms with E-state index in [4.69, 9.17) is 16.7 Å². The van der Waals surface area contributed by atoms with E-state index in [-0.39, 0.29) is 0 Å². The van der Waals surface area contributed by atoms with E-state index in [1.807, 2.05) is 24.3 Å². The minimum atomic E-state index is -0.826. The van der Waals surface area contributed by atoms with Crippen molar-refractivity contribution < 1.29 is 9.90 Å². The van der Waals surface area contributed by atoms with Gasteiger partial charge in [-0.15, -0.1) is 0 Å². The summed E-state index contributed by atoms with van der Waals surface area (Å²) in [6.45, 7) is 0. The zero-order valence-electron chi connectivity index (χ0n) is 10.2. The lowest BCUT2D eigenvalue weighted by Gasteiger charge is -2.25. The Morgan fingerprint density at radius 2 is 2.06 bits per heavy atom. The SMILES string of the molecule is O=C(O)/C=C1\CCCC[C@@H]1Cc1ccc(Cl)cc1. The molecular formula is C15H17ClO2. The predicted molar refractivity (Wildman–Crippen MR) is 72.8 cm³/mol. The first-order valence-corrected chi connectivity index (χ1v) is 6.71. The van der Waals surface area contributed by atoms with Crippen LogP contribution in [-0.2, 0) is 11.2 Å². The summed E-state index contributed by atoms with van der Waals surface area (Å²) in [5.41, 5.74) is 2.31. The van der Waals surface area contributed by atoms with Crippen LogP contribution in [0.25, 0.3) is 0 Å². The van der Waals surface area contributed by atoms with Crippen molar-refractivity contribution in [2.24, 2.45) is 5.92 Å². The Morgan fingerprint density at radius 3 is 2.72 bits per heavy atom. The highest BCUT2D eigenvalue weighted by molar-refractivity contribution is 6.30. The molecule has 0 bridgehead atoms. The number of allylic oxidation sites excluding steroid dienone is 1. The molecule has 1 aromatic carbocycles.